The van der Waals surface area contributed by atoms with Gasteiger partial charge >= 0.3 is 0 Å². The van der Waals surface area contributed by atoms with E-state index in [2.05, 4.69) is 54.3 Å². The summed E-state index contributed by atoms with van der Waals surface area (Å²) in [7, 11) is 0. The molecule has 128 valence electrons. The molecule has 2 N–H and O–H groups in total. The second-order valence-corrected chi connectivity index (χ2v) is 8.55. The fourth-order valence-corrected chi connectivity index (χ4v) is 3.91. The van der Waals surface area contributed by atoms with E-state index >= 15 is 0 Å². The molecule has 1 heterocycles. The molecule has 0 spiro atoms. The first-order valence-corrected chi connectivity index (χ1v) is 8.88. The summed E-state index contributed by atoms with van der Waals surface area (Å²) in [4.78, 5) is 12.5. The fourth-order valence-electron chi connectivity index (χ4n) is 3.53. The normalized spacial score (nSPS) is 21.5. The number of para-hydroxylation sites is 1. The minimum absolute atomic E-state index is 0.00620. The highest BCUT2D eigenvalue weighted by molar-refractivity contribution is 9.10. The number of benzene rings is 1. The number of amides is 1. The molecular formula is C18H27BrN2O2. The summed E-state index contributed by atoms with van der Waals surface area (Å²) in [5.74, 6) is 0.611. The summed E-state index contributed by atoms with van der Waals surface area (Å²) in [5, 5.41) is 6.77. The SMILES string of the molecule is CC(Oc1ccccc1Br)C(=O)NC1CC(C)(C)NC(C)(C)C1. The van der Waals surface area contributed by atoms with Crippen LogP contribution in [0.25, 0.3) is 0 Å². The molecule has 1 atom stereocenters. The number of hydrogen-bond acceptors (Lipinski definition) is 3. The van der Waals surface area contributed by atoms with Gasteiger partial charge in [-0.2, -0.15) is 0 Å². The molecule has 5 heteroatoms. The average Bonchev–Trinajstić information content (AvgIpc) is 2.37. The third-order valence-corrected chi connectivity index (χ3v) is 4.70. The van der Waals surface area contributed by atoms with Gasteiger partial charge in [-0.1, -0.05) is 12.1 Å². The van der Waals surface area contributed by atoms with Crippen LogP contribution in [0.3, 0.4) is 0 Å². The maximum Gasteiger partial charge on any atom is 0.260 e. The minimum atomic E-state index is -0.533. The predicted molar refractivity (Wildman–Crippen MR) is 96.7 cm³/mol. The molecule has 1 aliphatic rings. The Bertz CT molecular complexity index is 556. The van der Waals surface area contributed by atoms with Crippen molar-refractivity contribution in [2.24, 2.45) is 0 Å². The first-order chi connectivity index (χ1) is 10.6. The number of piperidine rings is 1. The molecule has 1 aromatic rings. The van der Waals surface area contributed by atoms with E-state index in [0.29, 0.717) is 5.75 Å². The lowest BCUT2D eigenvalue weighted by Crippen LogP contribution is -2.62. The zero-order chi connectivity index (χ0) is 17.3. The topological polar surface area (TPSA) is 50.4 Å². The standard InChI is InChI=1S/C18H27BrN2O2/c1-12(23-15-9-7-6-8-14(15)19)16(22)20-13-10-17(2,3)21-18(4,5)11-13/h6-9,12-13,21H,10-11H2,1-5H3,(H,20,22). The number of hydrogen-bond donors (Lipinski definition) is 2. The Morgan fingerprint density at radius 1 is 1.26 bits per heavy atom. The fraction of sp³-hybridized carbons (Fsp3) is 0.611. The molecule has 0 saturated carbocycles. The number of nitrogens with one attached hydrogen (secondary N) is 2. The van der Waals surface area contributed by atoms with Crippen molar-refractivity contribution in [3.63, 3.8) is 0 Å². The molecule has 0 aliphatic carbocycles. The van der Waals surface area contributed by atoms with Crippen molar-refractivity contribution in [3.05, 3.63) is 28.7 Å². The van der Waals surface area contributed by atoms with Crippen molar-refractivity contribution in [3.8, 4) is 5.75 Å². The van der Waals surface area contributed by atoms with E-state index in [1.54, 1.807) is 6.92 Å². The largest absolute Gasteiger partial charge is 0.480 e. The van der Waals surface area contributed by atoms with Gasteiger partial charge in [-0.05, 0) is 75.5 Å². The second kappa shape index (κ2) is 6.81. The zero-order valence-corrected chi connectivity index (χ0v) is 16.2. The van der Waals surface area contributed by atoms with Crippen LogP contribution in [-0.2, 0) is 4.79 Å². The van der Waals surface area contributed by atoms with E-state index in [4.69, 9.17) is 4.74 Å². The third-order valence-electron chi connectivity index (χ3n) is 4.05. The van der Waals surface area contributed by atoms with E-state index in [-0.39, 0.29) is 23.0 Å². The highest BCUT2D eigenvalue weighted by Crippen LogP contribution is 2.29. The van der Waals surface area contributed by atoms with E-state index in [1.165, 1.54) is 0 Å². The van der Waals surface area contributed by atoms with Crippen LogP contribution in [0.5, 0.6) is 5.75 Å². The van der Waals surface area contributed by atoms with E-state index in [1.807, 2.05) is 24.3 Å². The predicted octanol–water partition coefficient (Wildman–Crippen LogP) is 3.64. The Hall–Kier alpha value is -1.07. The lowest BCUT2D eigenvalue weighted by atomic mass is 9.79. The van der Waals surface area contributed by atoms with Crippen molar-refractivity contribution < 1.29 is 9.53 Å². The van der Waals surface area contributed by atoms with Gasteiger partial charge < -0.3 is 15.4 Å². The quantitative estimate of drug-likeness (QED) is 0.835. The molecule has 1 aliphatic heterocycles. The molecule has 1 unspecified atom stereocenters. The third kappa shape index (κ3) is 5.21. The van der Waals surface area contributed by atoms with Gasteiger partial charge in [0.15, 0.2) is 6.10 Å². The van der Waals surface area contributed by atoms with Gasteiger partial charge in [-0.15, -0.1) is 0 Å². The molecule has 0 radical (unpaired) electrons. The van der Waals surface area contributed by atoms with Crippen molar-refractivity contribution in [1.29, 1.82) is 0 Å². The lowest BCUT2D eigenvalue weighted by molar-refractivity contribution is -0.128. The Labute approximate surface area is 147 Å². The molecule has 1 saturated heterocycles. The van der Waals surface area contributed by atoms with Crippen LogP contribution < -0.4 is 15.4 Å². The summed E-state index contributed by atoms with van der Waals surface area (Å²) >= 11 is 3.44. The van der Waals surface area contributed by atoms with Crippen LogP contribution in [0.15, 0.2) is 28.7 Å². The van der Waals surface area contributed by atoms with Crippen LogP contribution in [-0.4, -0.2) is 29.1 Å². The molecule has 0 bridgehead atoms. The lowest BCUT2D eigenvalue weighted by Gasteiger charge is -2.46. The molecular weight excluding hydrogens is 356 g/mol. The molecule has 23 heavy (non-hydrogen) atoms. The van der Waals surface area contributed by atoms with Gasteiger partial charge in [0.25, 0.3) is 5.91 Å². The Morgan fingerprint density at radius 3 is 2.39 bits per heavy atom. The van der Waals surface area contributed by atoms with Gasteiger partial charge in [0.2, 0.25) is 0 Å². The zero-order valence-electron chi connectivity index (χ0n) is 14.6. The monoisotopic (exact) mass is 382 g/mol. The first kappa shape index (κ1) is 18.3. The maximum absolute atomic E-state index is 12.5. The van der Waals surface area contributed by atoms with Crippen LogP contribution in [0.2, 0.25) is 0 Å². The van der Waals surface area contributed by atoms with Gasteiger partial charge in [-0.3, -0.25) is 4.79 Å². The molecule has 1 amide bonds. The molecule has 0 aromatic heterocycles. The maximum atomic E-state index is 12.5. The highest BCUT2D eigenvalue weighted by Gasteiger charge is 2.38. The van der Waals surface area contributed by atoms with Gasteiger partial charge in [0.05, 0.1) is 4.47 Å². The summed E-state index contributed by atoms with van der Waals surface area (Å²) in [6.07, 6.45) is 1.28. The van der Waals surface area contributed by atoms with E-state index in [0.717, 1.165) is 17.3 Å². The minimum Gasteiger partial charge on any atom is -0.480 e. The Morgan fingerprint density at radius 2 is 1.83 bits per heavy atom. The van der Waals surface area contributed by atoms with Crippen LogP contribution in [0, 0.1) is 0 Å². The van der Waals surface area contributed by atoms with Gasteiger partial charge in [-0.25, -0.2) is 0 Å². The first-order valence-electron chi connectivity index (χ1n) is 8.09. The number of carbonyl (C=O) groups excluding carboxylic acids is 1. The Kier molecular flexibility index (Phi) is 5.41. The number of carbonyl (C=O) groups is 1. The molecule has 2 rings (SSSR count). The van der Waals surface area contributed by atoms with Crippen molar-refractivity contribution in [2.75, 3.05) is 0 Å². The van der Waals surface area contributed by atoms with Gasteiger partial charge in [0, 0.05) is 17.1 Å². The number of rotatable bonds is 4. The van der Waals surface area contributed by atoms with Crippen molar-refractivity contribution in [2.45, 2.75) is 70.7 Å². The number of halogens is 1. The molecule has 1 fully saturated rings. The van der Waals surface area contributed by atoms with Crippen molar-refractivity contribution in [1.82, 2.24) is 10.6 Å². The smallest absolute Gasteiger partial charge is 0.260 e. The summed E-state index contributed by atoms with van der Waals surface area (Å²) in [5.41, 5.74) is 0.0124. The van der Waals surface area contributed by atoms with Crippen LogP contribution in [0.4, 0.5) is 0 Å². The molecule has 1 aromatic carbocycles. The average molecular weight is 383 g/mol. The Balaban J connectivity index is 1.97. The second-order valence-electron chi connectivity index (χ2n) is 7.70. The van der Waals surface area contributed by atoms with Crippen LogP contribution >= 0.6 is 15.9 Å². The highest BCUT2D eigenvalue weighted by atomic mass is 79.9. The molecule has 4 nitrogen and oxygen atoms in total. The van der Waals surface area contributed by atoms with Gasteiger partial charge in [0.1, 0.15) is 5.75 Å². The summed E-state index contributed by atoms with van der Waals surface area (Å²) in [6.45, 7) is 10.5. The van der Waals surface area contributed by atoms with E-state index in [9.17, 15) is 4.79 Å². The summed E-state index contributed by atoms with van der Waals surface area (Å²) < 4.78 is 6.63. The van der Waals surface area contributed by atoms with Crippen LogP contribution in [0.1, 0.15) is 47.5 Å². The summed E-state index contributed by atoms with van der Waals surface area (Å²) in [6, 6.07) is 7.71. The number of ether oxygens (including phenoxy) is 1. The van der Waals surface area contributed by atoms with E-state index < -0.39 is 6.10 Å². The van der Waals surface area contributed by atoms with Crippen molar-refractivity contribution >= 4 is 21.8 Å².